The van der Waals surface area contributed by atoms with Gasteiger partial charge >= 0.3 is 0 Å². The molecule has 0 saturated heterocycles. The van der Waals surface area contributed by atoms with Crippen LogP contribution in [0.5, 0.6) is 11.5 Å². The number of ether oxygens (including phenoxy) is 2. The molecule has 0 fully saturated rings. The number of halogens is 1. The Morgan fingerprint density at radius 1 is 1.09 bits per heavy atom. The highest BCUT2D eigenvalue weighted by Crippen LogP contribution is 2.29. The van der Waals surface area contributed by atoms with Crippen LogP contribution in [0.25, 0.3) is 0 Å². The first-order valence-electron chi connectivity index (χ1n) is 11.6. The van der Waals surface area contributed by atoms with E-state index in [0.717, 1.165) is 11.6 Å². The van der Waals surface area contributed by atoms with Crippen molar-refractivity contribution in [1.82, 2.24) is 14.8 Å². The Bertz CT molecular complexity index is 1130. The number of carbonyl (C=O) groups excluding carboxylic acids is 1. The van der Waals surface area contributed by atoms with E-state index in [1.807, 2.05) is 23.6 Å². The highest BCUT2D eigenvalue weighted by atomic mass is 35.5. The van der Waals surface area contributed by atoms with Crippen LogP contribution in [0, 0.1) is 5.92 Å². The number of benzene rings is 2. The van der Waals surface area contributed by atoms with Gasteiger partial charge < -0.3 is 19.4 Å². The van der Waals surface area contributed by atoms with E-state index >= 15 is 0 Å². The summed E-state index contributed by atoms with van der Waals surface area (Å²) in [6.07, 6.45) is -0.301. The van der Waals surface area contributed by atoms with Gasteiger partial charge in [0.2, 0.25) is 5.91 Å². The summed E-state index contributed by atoms with van der Waals surface area (Å²) in [6.45, 7) is 11.3. The standard InChI is InChI=1S/C26H33ClN4O3S/c1-16(2)14-31-25(18(5)34-21-10-7-19(8-11-21)17(3)4)29-30-26(31)35-15-24(32)28-22-13-20(27)9-12-23(22)33-6/h7-13,16-18H,14-15H2,1-6H3,(H,28,32). The smallest absolute Gasteiger partial charge is 0.234 e. The number of hydrogen-bond donors (Lipinski definition) is 1. The fraction of sp³-hybridized carbons (Fsp3) is 0.423. The number of methoxy groups -OCH3 is 1. The third-order valence-electron chi connectivity index (χ3n) is 5.28. The lowest BCUT2D eigenvalue weighted by atomic mass is 10.0. The number of carbonyl (C=O) groups is 1. The molecular weight excluding hydrogens is 484 g/mol. The molecule has 0 saturated carbocycles. The number of amides is 1. The van der Waals surface area contributed by atoms with E-state index < -0.39 is 0 Å². The number of nitrogens with one attached hydrogen (secondary N) is 1. The molecule has 9 heteroatoms. The van der Waals surface area contributed by atoms with Crippen molar-refractivity contribution in [2.45, 2.75) is 58.3 Å². The van der Waals surface area contributed by atoms with E-state index in [-0.39, 0.29) is 17.8 Å². The van der Waals surface area contributed by atoms with Gasteiger partial charge in [0.1, 0.15) is 11.5 Å². The van der Waals surface area contributed by atoms with Crippen LogP contribution in [0.2, 0.25) is 5.02 Å². The zero-order chi connectivity index (χ0) is 25.5. The van der Waals surface area contributed by atoms with Gasteiger partial charge in [-0.2, -0.15) is 0 Å². The van der Waals surface area contributed by atoms with Gasteiger partial charge in [-0.15, -0.1) is 10.2 Å². The normalized spacial score (nSPS) is 12.1. The van der Waals surface area contributed by atoms with Gasteiger partial charge in [-0.3, -0.25) is 4.79 Å². The van der Waals surface area contributed by atoms with Crippen LogP contribution in [-0.2, 0) is 11.3 Å². The minimum absolute atomic E-state index is 0.164. The van der Waals surface area contributed by atoms with Crippen molar-refractivity contribution in [2.24, 2.45) is 5.92 Å². The highest BCUT2D eigenvalue weighted by molar-refractivity contribution is 7.99. The molecule has 3 rings (SSSR count). The first kappa shape index (κ1) is 26.9. The molecule has 0 radical (unpaired) electrons. The second-order valence-corrected chi connectivity index (χ2v) is 10.4. The van der Waals surface area contributed by atoms with Crippen molar-refractivity contribution in [1.29, 1.82) is 0 Å². The molecular formula is C26H33ClN4O3S. The van der Waals surface area contributed by atoms with Gasteiger partial charge in [-0.05, 0) is 54.7 Å². The lowest BCUT2D eigenvalue weighted by Gasteiger charge is -2.18. The molecule has 7 nitrogen and oxygen atoms in total. The van der Waals surface area contributed by atoms with Crippen molar-refractivity contribution < 1.29 is 14.3 Å². The van der Waals surface area contributed by atoms with E-state index in [9.17, 15) is 4.79 Å². The number of aromatic nitrogens is 3. The average Bonchev–Trinajstić information content (AvgIpc) is 3.20. The maximum absolute atomic E-state index is 12.6. The molecule has 0 bridgehead atoms. The molecule has 2 aromatic carbocycles. The zero-order valence-corrected chi connectivity index (χ0v) is 22.6. The average molecular weight is 517 g/mol. The number of thioether (sulfide) groups is 1. The van der Waals surface area contributed by atoms with Crippen LogP contribution >= 0.6 is 23.4 Å². The third-order valence-corrected chi connectivity index (χ3v) is 6.49. The van der Waals surface area contributed by atoms with Crippen LogP contribution in [0.1, 0.15) is 58.0 Å². The Morgan fingerprint density at radius 2 is 1.80 bits per heavy atom. The predicted octanol–water partition coefficient (Wildman–Crippen LogP) is 6.59. The van der Waals surface area contributed by atoms with Gasteiger partial charge in [0.25, 0.3) is 0 Å². The van der Waals surface area contributed by atoms with Gasteiger partial charge in [-0.1, -0.05) is 63.2 Å². The van der Waals surface area contributed by atoms with Gasteiger partial charge in [0.15, 0.2) is 17.1 Å². The van der Waals surface area contributed by atoms with Crippen molar-refractivity contribution >= 4 is 35.0 Å². The van der Waals surface area contributed by atoms with E-state index in [2.05, 4.69) is 55.3 Å². The Labute approximate surface area is 216 Å². The maximum Gasteiger partial charge on any atom is 0.234 e. The second-order valence-electron chi connectivity index (χ2n) is 9.01. The summed E-state index contributed by atoms with van der Waals surface area (Å²) < 4.78 is 13.5. The topological polar surface area (TPSA) is 78.3 Å². The molecule has 1 unspecified atom stereocenters. The summed E-state index contributed by atoms with van der Waals surface area (Å²) in [5.41, 5.74) is 1.79. The van der Waals surface area contributed by atoms with Crippen LogP contribution in [0.15, 0.2) is 47.6 Å². The Morgan fingerprint density at radius 3 is 2.43 bits per heavy atom. The molecule has 0 aliphatic rings. The van der Waals surface area contributed by atoms with E-state index in [0.29, 0.717) is 40.0 Å². The zero-order valence-electron chi connectivity index (χ0n) is 21.0. The minimum atomic E-state index is -0.301. The molecule has 1 aromatic heterocycles. The van der Waals surface area contributed by atoms with E-state index in [1.165, 1.54) is 17.3 Å². The van der Waals surface area contributed by atoms with Crippen molar-refractivity contribution in [3.63, 3.8) is 0 Å². The Hall–Kier alpha value is -2.71. The Kier molecular flexibility index (Phi) is 9.46. The van der Waals surface area contributed by atoms with Crippen LogP contribution < -0.4 is 14.8 Å². The van der Waals surface area contributed by atoms with Crippen molar-refractivity contribution in [3.05, 3.63) is 58.9 Å². The monoisotopic (exact) mass is 516 g/mol. The second kappa shape index (κ2) is 12.3. The van der Waals surface area contributed by atoms with Crippen LogP contribution in [0.4, 0.5) is 5.69 Å². The molecule has 3 aromatic rings. The van der Waals surface area contributed by atoms with E-state index in [4.69, 9.17) is 21.1 Å². The molecule has 1 amide bonds. The molecule has 188 valence electrons. The van der Waals surface area contributed by atoms with E-state index in [1.54, 1.807) is 25.3 Å². The quantitative estimate of drug-likeness (QED) is 0.290. The van der Waals surface area contributed by atoms with Crippen LogP contribution in [-0.4, -0.2) is 33.5 Å². The van der Waals surface area contributed by atoms with Gasteiger partial charge in [0.05, 0.1) is 18.6 Å². The number of hydrogen-bond acceptors (Lipinski definition) is 6. The fourth-order valence-electron chi connectivity index (χ4n) is 3.53. The van der Waals surface area contributed by atoms with Crippen LogP contribution in [0.3, 0.4) is 0 Å². The summed E-state index contributed by atoms with van der Waals surface area (Å²) in [5, 5.41) is 12.8. The summed E-state index contributed by atoms with van der Waals surface area (Å²) in [5.74, 6) is 2.86. The summed E-state index contributed by atoms with van der Waals surface area (Å²) in [4.78, 5) is 12.6. The summed E-state index contributed by atoms with van der Waals surface area (Å²) in [6, 6.07) is 13.2. The largest absolute Gasteiger partial charge is 0.495 e. The Balaban J connectivity index is 1.70. The number of rotatable bonds is 11. The lowest BCUT2D eigenvalue weighted by Crippen LogP contribution is -2.17. The first-order chi connectivity index (χ1) is 16.7. The molecule has 0 spiro atoms. The number of nitrogens with zero attached hydrogens (tertiary/aromatic N) is 3. The first-order valence-corrected chi connectivity index (χ1v) is 13.0. The predicted molar refractivity (Wildman–Crippen MR) is 142 cm³/mol. The maximum atomic E-state index is 12.6. The number of anilines is 1. The van der Waals surface area contributed by atoms with Gasteiger partial charge in [0, 0.05) is 11.6 Å². The molecule has 1 N–H and O–H groups in total. The molecule has 35 heavy (non-hydrogen) atoms. The molecule has 0 aliphatic heterocycles. The highest BCUT2D eigenvalue weighted by Gasteiger charge is 2.21. The van der Waals surface area contributed by atoms with Crippen molar-refractivity contribution in [3.8, 4) is 11.5 Å². The molecule has 1 atom stereocenters. The SMILES string of the molecule is COc1ccc(Cl)cc1NC(=O)CSc1nnc(C(C)Oc2ccc(C(C)C)cc2)n1CC(C)C. The van der Waals surface area contributed by atoms with Crippen molar-refractivity contribution in [2.75, 3.05) is 18.2 Å². The third kappa shape index (κ3) is 7.39. The molecule has 1 heterocycles. The lowest BCUT2D eigenvalue weighted by molar-refractivity contribution is -0.113. The molecule has 0 aliphatic carbocycles. The minimum Gasteiger partial charge on any atom is -0.495 e. The summed E-state index contributed by atoms with van der Waals surface area (Å²) in [7, 11) is 1.55. The van der Waals surface area contributed by atoms with Gasteiger partial charge in [-0.25, -0.2) is 0 Å². The fourth-order valence-corrected chi connectivity index (χ4v) is 4.45. The summed E-state index contributed by atoms with van der Waals surface area (Å²) >= 11 is 7.40.